The van der Waals surface area contributed by atoms with Crippen molar-refractivity contribution in [3.05, 3.63) is 41.6 Å². The van der Waals surface area contributed by atoms with Gasteiger partial charge in [-0.2, -0.15) is 18.3 Å². The van der Waals surface area contributed by atoms with Crippen molar-refractivity contribution in [2.24, 2.45) is 5.16 Å². The SMILES string of the molecule is CN(C)c1c(CS(=O)(=O)C2=NOC(C)(C)C2)c(C(F)(F)F)nn1-c1ccccc1. The van der Waals surface area contributed by atoms with Gasteiger partial charge in [-0.1, -0.05) is 23.4 Å². The van der Waals surface area contributed by atoms with E-state index in [1.54, 1.807) is 44.2 Å². The van der Waals surface area contributed by atoms with Crippen LogP contribution in [0.3, 0.4) is 0 Å². The highest BCUT2D eigenvalue weighted by Crippen LogP contribution is 2.38. The predicted octanol–water partition coefficient (Wildman–Crippen LogP) is 3.38. The van der Waals surface area contributed by atoms with Gasteiger partial charge in [-0.25, -0.2) is 13.1 Å². The molecule has 0 atom stereocenters. The van der Waals surface area contributed by atoms with E-state index in [0.29, 0.717) is 5.69 Å². The number of alkyl halides is 3. The third-order valence-corrected chi connectivity index (χ3v) is 5.92. The van der Waals surface area contributed by atoms with Crippen LogP contribution >= 0.6 is 0 Å². The van der Waals surface area contributed by atoms with Gasteiger partial charge in [0.1, 0.15) is 11.4 Å². The topological polar surface area (TPSA) is 76.8 Å². The minimum Gasteiger partial charge on any atom is -0.389 e. The van der Waals surface area contributed by atoms with Gasteiger partial charge in [0.25, 0.3) is 0 Å². The van der Waals surface area contributed by atoms with Crippen LogP contribution in [0.5, 0.6) is 0 Å². The van der Waals surface area contributed by atoms with Crippen LogP contribution in [0.4, 0.5) is 19.0 Å². The maximum Gasteiger partial charge on any atom is 0.435 e. The molecule has 158 valence electrons. The molecular weight excluding hydrogens is 409 g/mol. The van der Waals surface area contributed by atoms with E-state index in [1.165, 1.54) is 19.0 Å². The van der Waals surface area contributed by atoms with Crippen LogP contribution in [-0.2, 0) is 26.6 Å². The second-order valence-corrected chi connectivity index (χ2v) is 9.55. The maximum atomic E-state index is 13.8. The first kappa shape index (κ1) is 21.2. The van der Waals surface area contributed by atoms with E-state index >= 15 is 0 Å². The van der Waals surface area contributed by atoms with E-state index < -0.39 is 38.6 Å². The van der Waals surface area contributed by atoms with Crippen molar-refractivity contribution in [3.63, 3.8) is 0 Å². The summed E-state index contributed by atoms with van der Waals surface area (Å²) < 4.78 is 68.1. The Morgan fingerprint density at radius 2 is 1.83 bits per heavy atom. The average molecular weight is 430 g/mol. The Morgan fingerprint density at radius 1 is 1.21 bits per heavy atom. The zero-order valence-electron chi connectivity index (χ0n) is 16.4. The summed E-state index contributed by atoms with van der Waals surface area (Å²) in [5.74, 6) is -0.855. The molecule has 0 amide bonds. The van der Waals surface area contributed by atoms with Crippen molar-refractivity contribution < 1.29 is 26.4 Å². The molecule has 3 rings (SSSR count). The van der Waals surface area contributed by atoms with Crippen LogP contribution < -0.4 is 4.90 Å². The van der Waals surface area contributed by atoms with E-state index in [0.717, 1.165) is 4.68 Å². The summed E-state index contributed by atoms with van der Waals surface area (Å²) in [5.41, 5.74) is -2.12. The Labute approximate surface area is 166 Å². The second-order valence-electron chi connectivity index (χ2n) is 7.56. The molecule has 1 aliphatic rings. The van der Waals surface area contributed by atoms with Crippen molar-refractivity contribution in [1.82, 2.24) is 9.78 Å². The molecule has 2 heterocycles. The first-order valence-electron chi connectivity index (χ1n) is 8.71. The normalized spacial score (nSPS) is 16.4. The number of rotatable bonds is 4. The van der Waals surface area contributed by atoms with Crippen LogP contribution in [0.1, 0.15) is 31.5 Å². The number of benzene rings is 1. The number of hydrogen-bond donors (Lipinski definition) is 0. The quantitative estimate of drug-likeness (QED) is 0.743. The molecule has 1 aliphatic heterocycles. The Kier molecular flexibility index (Phi) is 5.14. The lowest BCUT2D eigenvalue weighted by Gasteiger charge is -2.18. The van der Waals surface area contributed by atoms with Crippen LogP contribution in [0.15, 0.2) is 35.5 Å². The third-order valence-electron chi connectivity index (χ3n) is 4.31. The van der Waals surface area contributed by atoms with Gasteiger partial charge in [0.05, 0.1) is 11.4 Å². The molecule has 0 saturated carbocycles. The molecule has 1 aromatic heterocycles. The van der Waals surface area contributed by atoms with E-state index in [9.17, 15) is 21.6 Å². The summed E-state index contributed by atoms with van der Waals surface area (Å²) >= 11 is 0. The average Bonchev–Trinajstić information content (AvgIpc) is 3.16. The Bertz CT molecular complexity index is 1040. The molecule has 0 radical (unpaired) electrons. The summed E-state index contributed by atoms with van der Waals surface area (Å²) in [7, 11) is -1.08. The minimum absolute atomic E-state index is 0.0131. The molecule has 0 bridgehead atoms. The highest BCUT2D eigenvalue weighted by Gasteiger charge is 2.43. The third kappa shape index (κ3) is 4.24. The second kappa shape index (κ2) is 7.05. The maximum absolute atomic E-state index is 13.8. The van der Waals surface area contributed by atoms with Gasteiger partial charge in [-0.15, -0.1) is 0 Å². The highest BCUT2D eigenvalue weighted by atomic mass is 32.2. The van der Waals surface area contributed by atoms with Crippen molar-refractivity contribution in [2.45, 2.75) is 37.8 Å². The Balaban J connectivity index is 2.16. The van der Waals surface area contributed by atoms with E-state index in [2.05, 4.69) is 10.3 Å². The summed E-state index contributed by atoms with van der Waals surface area (Å²) in [4.78, 5) is 6.50. The van der Waals surface area contributed by atoms with E-state index in [1.807, 2.05) is 0 Å². The van der Waals surface area contributed by atoms with Gasteiger partial charge in [-0.05, 0) is 26.0 Å². The zero-order chi connectivity index (χ0) is 21.6. The molecule has 1 aromatic carbocycles. The van der Waals surface area contributed by atoms with Gasteiger partial charge in [-0.3, -0.25) is 0 Å². The van der Waals surface area contributed by atoms with Crippen molar-refractivity contribution in [1.29, 1.82) is 0 Å². The fraction of sp³-hybridized carbons (Fsp3) is 0.444. The molecule has 0 saturated heterocycles. The summed E-state index contributed by atoms with van der Waals surface area (Å²) in [6.07, 6.45) is -4.84. The number of sulfone groups is 1. The van der Waals surface area contributed by atoms with E-state index in [4.69, 9.17) is 4.84 Å². The lowest BCUT2D eigenvalue weighted by Crippen LogP contribution is -2.24. The Hall–Kier alpha value is -2.56. The van der Waals surface area contributed by atoms with Crippen LogP contribution in [0, 0.1) is 0 Å². The molecule has 0 fully saturated rings. The lowest BCUT2D eigenvalue weighted by molar-refractivity contribution is -0.141. The fourth-order valence-electron chi connectivity index (χ4n) is 3.05. The number of anilines is 1. The van der Waals surface area contributed by atoms with Crippen molar-refractivity contribution in [3.8, 4) is 5.69 Å². The molecule has 0 aliphatic carbocycles. The summed E-state index contributed by atoms with van der Waals surface area (Å²) in [6.45, 7) is 3.30. The molecule has 11 heteroatoms. The summed E-state index contributed by atoms with van der Waals surface area (Å²) in [5, 5.41) is 7.05. The first-order valence-corrected chi connectivity index (χ1v) is 10.4. The van der Waals surface area contributed by atoms with Crippen LogP contribution in [0.2, 0.25) is 0 Å². The van der Waals surface area contributed by atoms with Gasteiger partial charge in [0, 0.05) is 26.1 Å². The van der Waals surface area contributed by atoms with Crippen molar-refractivity contribution in [2.75, 3.05) is 19.0 Å². The number of halogens is 3. The Morgan fingerprint density at radius 3 is 2.31 bits per heavy atom. The molecule has 2 aromatic rings. The largest absolute Gasteiger partial charge is 0.435 e. The van der Waals surface area contributed by atoms with Gasteiger partial charge < -0.3 is 9.74 Å². The summed E-state index contributed by atoms with van der Waals surface area (Å²) in [6, 6.07) is 8.23. The number of para-hydroxylation sites is 1. The molecule has 7 nitrogen and oxygen atoms in total. The number of hydrogen-bond acceptors (Lipinski definition) is 6. The highest BCUT2D eigenvalue weighted by molar-refractivity contribution is 8.05. The molecule has 0 spiro atoms. The molecule has 0 N–H and O–H groups in total. The van der Waals surface area contributed by atoms with Gasteiger partial charge >= 0.3 is 6.18 Å². The first-order chi connectivity index (χ1) is 13.3. The van der Waals surface area contributed by atoms with Crippen molar-refractivity contribution >= 4 is 20.7 Å². The van der Waals surface area contributed by atoms with E-state index in [-0.39, 0.29) is 17.3 Å². The fourth-order valence-corrected chi connectivity index (χ4v) is 4.58. The van der Waals surface area contributed by atoms with Gasteiger partial charge in [0.15, 0.2) is 20.6 Å². The number of oxime groups is 1. The number of nitrogens with zero attached hydrogens (tertiary/aromatic N) is 4. The van der Waals surface area contributed by atoms with Gasteiger partial charge in [0.2, 0.25) is 0 Å². The zero-order valence-corrected chi connectivity index (χ0v) is 17.2. The van der Waals surface area contributed by atoms with Crippen LogP contribution in [0.25, 0.3) is 5.69 Å². The molecule has 29 heavy (non-hydrogen) atoms. The molecular formula is C18H21F3N4O3S. The smallest absolute Gasteiger partial charge is 0.389 e. The van der Waals surface area contributed by atoms with Crippen LogP contribution in [-0.4, -0.2) is 42.9 Å². The standard InChI is InChI=1S/C18H21F3N4O3S/c1-17(2)10-14(23-28-17)29(26,27)11-13-15(18(19,20)21)22-25(16(13)24(3)4)12-8-6-5-7-9-12/h5-9H,10-11H2,1-4H3. The lowest BCUT2D eigenvalue weighted by atomic mass is 10.1. The monoisotopic (exact) mass is 430 g/mol. The number of aromatic nitrogens is 2. The molecule has 0 unspecified atom stereocenters. The predicted molar refractivity (Wildman–Crippen MR) is 103 cm³/mol. The minimum atomic E-state index is -4.83.